The standard InChI is InChI=1S/C24H24Cl2N2O4S/c1-3-32-22-12-11-19(26)15-23(22)33(30,31)28-21(13-17-7-5-4-6-8-17)24(29)27-20-14-18(25)10-9-16(20)2/h4-12,14-15,21,28H,3,13H2,1-2H3,(H,27,29). The van der Waals surface area contributed by atoms with E-state index in [4.69, 9.17) is 27.9 Å². The molecule has 0 bridgehead atoms. The van der Waals surface area contributed by atoms with Gasteiger partial charge in [-0.25, -0.2) is 8.42 Å². The van der Waals surface area contributed by atoms with Crippen LogP contribution >= 0.6 is 23.2 Å². The van der Waals surface area contributed by atoms with E-state index >= 15 is 0 Å². The van der Waals surface area contributed by atoms with Crippen LogP contribution in [0.2, 0.25) is 10.0 Å². The van der Waals surface area contributed by atoms with Crippen molar-refractivity contribution in [1.29, 1.82) is 0 Å². The van der Waals surface area contributed by atoms with E-state index in [1.165, 1.54) is 12.1 Å². The molecule has 1 unspecified atom stereocenters. The Kier molecular flexibility index (Phi) is 8.37. The SMILES string of the molecule is CCOc1ccc(Cl)cc1S(=O)(=O)NC(Cc1ccccc1)C(=O)Nc1cc(Cl)ccc1C. The van der Waals surface area contributed by atoms with E-state index < -0.39 is 22.0 Å². The zero-order valence-electron chi connectivity index (χ0n) is 18.1. The molecule has 3 rings (SSSR count). The van der Waals surface area contributed by atoms with Gasteiger partial charge in [0.1, 0.15) is 16.7 Å². The van der Waals surface area contributed by atoms with Gasteiger partial charge < -0.3 is 10.1 Å². The predicted octanol–water partition coefficient (Wildman–Crippen LogP) is 5.23. The summed E-state index contributed by atoms with van der Waals surface area (Å²) < 4.78 is 34.6. The molecule has 0 fully saturated rings. The molecule has 2 N–H and O–H groups in total. The predicted molar refractivity (Wildman–Crippen MR) is 132 cm³/mol. The van der Waals surface area contributed by atoms with Gasteiger partial charge in [-0.15, -0.1) is 0 Å². The Morgan fingerprint density at radius 2 is 1.67 bits per heavy atom. The number of carbonyl (C=O) groups is 1. The molecule has 0 spiro atoms. The fourth-order valence-electron chi connectivity index (χ4n) is 3.20. The molecule has 0 saturated heterocycles. The Morgan fingerprint density at radius 3 is 2.36 bits per heavy atom. The van der Waals surface area contributed by atoms with Crippen molar-refractivity contribution in [3.05, 3.63) is 87.9 Å². The van der Waals surface area contributed by atoms with E-state index in [0.717, 1.165) is 11.1 Å². The van der Waals surface area contributed by atoms with Gasteiger partial charge in [0.25, 0.3) is 0 Å². The molecule has 0 heterocycles. The van der Waals surface area contributed by atoms with Gasteiger partial charge in [0.2, 0.25) is 15.9 Å². The first-order valence-corrected chi connectivity index (χ1v) is 12.5. The van der Waals surface area contributed by atoms with Crippen LogP contribution < -0.4 is 14.8 Å². The number of benzene rings is 3. The summed E-state index contributed by atoms with van der Waals surface area (Å²) in [4.78, 5) is 13.1. The summed E-state index contributed by atoms with van der Waals surface area (Å²) in [6, 6.07) is 17.5. The first-order valence-electron chi connectivity index (χ1n) is 10.2. The lowest BCUT2D eigenvalue weighted by Gasteiger charge is -2.20. The summed E-state index contributed by atoms with van der Waals surface area (Å²) in [5, 5.41) is 3.48. The number of sulfonamides is 1. The Balaban J connectivity index is 1.95. The van der Waals surface area contributed by atoms with Gasteiger partial charge in [-0.05, 0) is 61.7 Å². The molecule has 6 nitrogen and oxygen atoms in total. The molecule has 33 heavy (non-hydrogen) atoms. The van der Waals surface area contributed by atoms with Crippen LogP contribution in [-0.2, 0) is 21.2 Å². The monoisotopic (exact) mass is 506 g/mol. The minimum atomic E-state index is -4.16. The van der Waals surface area contributed by atoms with Crippen LogP contribution in [0.3, 0.4) is 0 Å². The molecule has 0 aromatic heterocycles. The molecule has 174 valence electrons. The maximum atomic E-state index is 13.3. The van der Waals surface area contributed by atoms with E-state index in [9.17, 15) is 13.2 Å². The maximum absolute atomic E-state index is 13.3. The molecule has 0 aliphatic heterocycles. The van der Waals surface area contributed by atoms with Crippen LogP contribution in [0, 0.1) is 6.92 Å². The van der Waals surface area contributed by atoms with Crippen molar-refractivity contribution < 1.29 is 17.9 Å². The van der Waals surface area contributed by atoms with E-state index in [1.54, 1.807) is 31.2 Å². The minimum absolute atomic E-state index is 0.135. The summed E-state index contributed by atoms with van der Waals surface area (Å²) in [5.41, 5.74) is 2.09. The first kappa shape index (κ1) is 25.1. The number of nitrogens with one attached hydrogen (secondary N) is 2. The molecule has 1 amide bonds. The summed E-state index contributed by atoms with van der Waals surface area (Å²) in [7, 11) is -4.16. The second-order valence-corrected chi connectivity index (χ2v) is 9.89. The van der Waals surface area contributed by atoms with E-state index in [1.807, 2.05) is 37.3 Å². The lowest BCUT2D eigenvalue weighted by atomic mass is 10.1. The third-order valence-electron chi connectivity index (χ3n) is 4.85. The van der Waals surface area contributed by atoms with Crippen LogP contribution in [0.25, 0.3) is 0 Å². The summed E-state index contributed by atoms with van der Waals surface area (Å²) in [6.07, 6.45) is 0.135. The number of carbonyl (C=O) groups excluding carboxylic acids is 1. The third-order valence-corrected chi connectivity index (χ3v) is 6.81. The highest BCUT2D eigenvalue weighted by atomic mass is 35.5. The van der Waals surface area contributed by atoms with Crippen LogP contribution in [-0.4, -0.2) is 27.0 Å². The molecule has 0 aliphatic carbocycles. The zero-order chi connectivity index (χ0) is 24.0. The topological polar surface area (TPSA) is 84.5 Å². The lowest BCUT2D eigenvalue weighted by Crippen LogP contribution is -2.45. The van der Waals surface area contributed by atoms with Crippen molar-refractivity contribution in [2.45, 2.75) is 31.2 Å². The number of rotatable bonds is 9. The normalized spacial score (nSPS) is 12.2. The number of amides is 1. The Hall–Kier alpha value is -2.58. The second-order valence-electron chi connectivity index (χ2n) is 7.34. The number of aryl methyl sites for hydroxylation is 1. The number of halogens is 2. The van der Waals surface area contributed by atoms with Crippen LogP contribution in [0.4, 0.5) is 5.69 Å². The number of hydrogen-bond donors (Lipinski definition) is 2. The summed E-state index contributed by atoms with van der Waals surface area (Å²) >= 11 is 12.1. The van der Waals surface area contributed by atoms with Crippen LogP contribution in [0.15, 0.2) is 71.6 Å². The van der Waals surface area contributed by atoms with Crippen molar-refractivity contribution in [2.24, 2.45) is 0 Å². The van der Waals surface area contributed by atoms with Crippen molar-refractivity contribution in [2.75, 3.05) is 11.9 Å². The molecular weight excluding hydrogens is 483 g/mol. The van der Waals surface area contributed by atoms with Crippen molar-refractivity contribution >= 4 is 44.8 Å². The fourth-order valence-corrected chi connectivity index (χ4v) is 4.98. The molecule has 0 radical (unpaired) electrons. The minimum Gasteiger partial charge on any atom is -0.492 e. The van der Waals surface area contributed by atoms with E-state index in [2.05, 4.69) is 10.0 Å². The number of anilines is 1. The lowest BCUT2D eigenvalue weighted by molar-refractivity contribution is -0.117. The highest BCUT2D eigenvalue weighted by molar-refractivity contribution is 7.89. The highest BCUT2D eigenvalue weighted by Gasteiger charge is 2.29. The zero-order valence-corrected chi connectivity index (χ0v) is 20.5. The van der Waals surface area contributed by atoms with Gasteiger partial charge in [0.15, 0.2) is 0 Å². The largest absolute Gasteiger partial charge is 0.492 e. The smallest absolute Gasteiger partial charge is 0.245 e. The quantitative estimate of drug-likeness (QED) is 0.416. The van der Waals surface area contributed by atoms with Gasteiger partial charge in [-0.1, -0.05) is 59.6 Å². The number of hydrogen-bond acceptors (Lipinski definition) is 4. The molecule has 9 heteroatoms. The third kappa shape index (κ3) is 6.71. The average Bonchev–Trinajstić information content (AvgIpc) is 2.77. The Labute approximate surface area is 203 Å². The average molecular weight is 507 g/mol. The van der Waals surface area contributed by atoms with Gasteiger partial charge in [-0.2, -0.15) is 4.72 Å². The molecule has 0 aliphatic rings. The maximum Gasteiger partial charge on any atom is 0.245 e. The highest BCUT2D eigenvalue weighted by Crippen LogP contribution is 2.28. The number of ether oxygens (including phenoxy) is 1. The van der Waals surface area contributed by atoms with Gasteiger partial charge >= 0.3 is 0 Å². The van der Waals surface area contributed by atoms with Gasteiger partial charge in [0, 0.05) is 15.7 Å². The van der Waals surface area contributed by atoms with E-state index in [-0.39, 0.29) is 28.7 Å². The fraction of sp³-hybridized carbons (Fsp3) is 0.208. The molecule has 3 aromatic rings. The van der Waals surface area contributed by atoms with E-state index in [0.29, 0.717) is 10.7 Å². The molecular formula is C24H24Cl2N2O4S. The molecule has 0 saturated carbocycles. The summed E-state index contributed by atoms with van der Waals surface area (Å²) in [5.74, 6) is -0.369. The van der Waals surface area contributed by atoms with Crippen molar-refractivity contribution in [3.8, 4) is 5.75 Å². The Bertz CT molecular complexity index is 1230. The van der Waals surface area contributed by atoms with Gasteiger partial charge in [-0.3, -0.25) is 4.79 Å². The van der Waals surface area contributed by atoms with Crippen LogP contribution in [0.1, 0.15) is 18.1 Å². The first-order chi connectivity index (χ1) is 15.7. The van der Waals surface area contributed by atoms with Crippen molar-refractivity contribution in [1.82, 2.24) is 4.72 Å². The van der Waals surface area contributed by atoms with Crippen molar-refractivity contribution in [3.63, 3.8) is 0 Å². The Morgan fingerprint density at radius 1 is 1.00 bits per heavy atom. The summed E-state index contributed by atoms with van der Waals surface area (Å²) in [6.45, 7) is 3.84. The van der Waals surface area contributed by atoms with Gasteiger partial charge in [0.05, 0.1) is 6.61 Å². The molecule has 1 atom stereocenters. The van der Waals surface area contributed by atoms with Crippen LogP contribution in [0.5, 0.6) is 5.75 Å². The molecule has 3 aromatic carbocycles. The second kappa shape index (κ2) is 11.0.